The minimum absolute atomic E-state index is 0.165. The summed E-state index contributed by atoms with van der Waals surface area (Å²) in [6, 6.07) is 8.46. The highest BCUT2D eigenvalue weighted by Gasteiger charge is 2.29. The Morgan fingerprint density at radius 2 is 2.00 bits per heavy atom. The Labute approximate surface area is 138 Å². The van der Waals surface area contributed by atoms with E-state index in [1.807, 2.05) is 4.90 Å². The Morgan fingerprint density at radius 1 is 1.22 bits per heavy atom. The second kappa shape index (κ2) is 7.16. The number of rotatable bonds is 6. The lowest BCUT2D eigenvalue weighted by molar-refractivity contribution is -0.130. The van der Waals surface area contributed by atoms with Gasteiger partial charge in [0, 0.05) is 37.9 Å². The molecule has 3 rings (SSSR count). The molecule has 0 spiro atoms. The van der Waals surface area contributed by atoms with E-state index in [4.69, 9.17) is 0 Å². The van der Waals surface area contributed by atoms with Crippen LogP contribution in [0, 0.1) is 12.8 Å². The quantitative estimate of drug-likeness (QED) is 0.821. The normalized spacial score (nSPS) is 20.6. The molecule has 2 aliphatic rings. The highest BCUT2D eigenvalue weighted by Crippen LogP contribution is 2.30. The van der Waals surface area contributed by atoms with Gasteiger partial charge in [-0.1, -0.05) is 24.3 Å². The van der Waals surface area contributed by atoms with Crippen LogP contribution in [0.2, 0.25) is 0 Å². The van der Waals surface area contributed by atoms with E-state index in [1.165, 1.54) is 11.1 Å². The van der Waals surface area contributed by atoms with Gasteiger partial charge in [-0.3, -0.25) is 9.59 Å². The highest BCUT2D eigenvalue weighted by atomic mass is 16.2. The monoisotopic (exact) mass is 314 g/mol. The molecule has 0 aromatic heterocycles. The molecule has 1 atom stereocenters. The average Bonchev–Trinajstić information content (AvgIpc) is 3.29. The summed E-state index contributed by atoms with van der Waals surface area (Å²) in [6.07, 6.45) is 4.38. The van der Waals surface area contributed by atoms with E-state index in [1.54, 1.807) is 0 Å². The molecule has 0 radical (unpaired) electrons. The molecule has 124 valence electrons. The largest absolute Gasteiger partial charge is 0.356 e. The van der Waals surface area contributed by atoms with E-state index >= 15 is 0 Å². The van der Waals surface area contributed by atoms with Crippen molar-refractivity contribution in [2.24, 2.45) is 5.92 Å². The maximum absolute atomic E-state index is 12.3. The lowest BCUT2D eigenvalue weighted by Gasteiger charge is -2.17. The van der Waals surface area contributed by atoms with Crippen molar-refractivity contribution in [3.8, 4) is 0 Å². The van der Waals surface area contributed by atoms with E-state index in [0.717, 1.165) is 38.8 Å². The van der Waals surface area contributed by atoms with Crippen LogP contribution in [0.3, 0.4) is 0 Å². The number of aryl methyl sites for hydroxylation is 1. The number of nitrogens with one attached hydrogen (secondary N) is 1. The fourth-order valence-electron chi connectivity index (χ4n) is 3.38. The van der Waals surface area contributed by atoms with E-state index in [0.29, 0.717) is 18.9 Å². The van der Waals surface area contributed by atoms with Crippen LogP contribution in [0.5, 0.6) is 0 Å². The van der Waals surface area contributed by atoms with E-state index in [9.17, 15) is 9.59 Å². The molecule has 1 aromatic carbocycles. The third-order valence-electron chi connectivity index (χ3n) is 4.98. The third-order valence-corrected chi connectivity index (χ3v) is 4.98. The number of hydrogen-bond acceptors (Lipinski definition) is 2. The summed E-state index contributed by atoms with van der Waals surface area (Å²) < 4.78 is 0. The van der Waals surface area contributed by atoms with Crippen molar-refractivity contribution in [3.63, 3.8) is 0 Å². The third kappa shape index (κ3) is 4.12. The van der Waals surface area contributed by atoms with Gasteiger partial charge in [0.05, 0.1) is 0 Å². The van der Waals surface area contributed by atoms with Crippen LogP contribution in [0.1, 0.15) is 49.1 Å². The Morgan fingerprint density at radius 3 is 2.74 bits per heavy atom. The fourth-order valence-corrected chi connectivity index (χ4v) is 3.38. The molecule has 1 saturated heterocycles. The second-order valence-electron chi connectivity index (χ2n) is 6.85. The number of benzene rings is 1. The van der Waals surface area contributed by atoms with Crippen molar-refractivity contribution in [2.45, 2.75) is 44.9 Å². The van der Waals surface area contributed by atoms with Gasteiger partial charge in [0.1, 0.15) is 0 Å². The first-order chi connectivity index (χ1) is 11.1. The molecule has 4 nitrogen and oxygen atoms in total. The molecule has 4 heteroatoms. The molecule has 1 aliphatic carbocycles. The number of likely N-dealkylation sites (tertiary alicyclic amines) is 1. The van der Waals surface area contributed by atoms with Gasteiger partial charge in [-0.05, 0) is 43.7 Å². The van der Waals surface area contributed by atoms with E-state index in [-0.39, 0.29) is 17.7 Å². The summed E-state index contributed by atoms with van der Waals surface area (Å²) in [5.74, 6) is 1.11. The molecule has 23 heavy (non-hydrogen) atoms. The van der Waals surface area contributed by atoms with Gasteiger partial charge in [0.2, 0.25) is 11.8 Å². The maximum atomic E-state index is 12.3. The molecule has 1 N–H and O–H groups in total. The van der Waals surface area contributed by atoms with Gasteiger partial charge in [-0.25, -0.2) is 0 Å². The van der Waals surface area contributed by atoms with Gasteiger partial charge in [0.15, 0.2) is 0 Å². The van der Waals surface area contributed by atoms with Crippen molar-refractivity contribution < 1.29 is 9.59 Å². The van der Waals surface area contributed by atoms with Crippen LogP contribution in [0.4, 0.5) is 0 Å². The topological polar surface area (TPSA) is 49.4 Å². The zero-order chi connectivity index (χ0) is 16.2. The van der Waals surface area contributed by atoms with Crippen LogP contribution in [-0.4, -0.2) is 36.3 Å². The molecular formula is C19H26N2O2. The van der Waals surface area contributed by atoms with Crippen LogP contribution >= 0.6 is 0 Å². The SMILES string of the molecule is Cc1ccccc1[C@@H]1CCN(C(=O)CCCNC(=O)C2CC2)C1. The van der Waals surface area contributed by atoms with Crippen molar-refractivity contribution in [1.82, 2.24) is 10.2 Å². The highest BCUT2D eigenvalue weighted by molar-refractivity contribution is 5.81. The van der Waals surface area contributed by atoms with Crippen molar-refractivity contribution in [3.05, 3.63) is 35.4 Å². The minimum Gasteiger partial charge on any atom is -0.356 e. The molecule has 0 unspecified atom stereocenters. The Hall–Kier alpha value is -1.84. The summed E-state index contributed by atoms with van der Waals surface area (Å²) in [5.41, 5.74) is 2.69. The second-order valence-corrected chi connectivity index (χ2v) is 6.85. The predicted octanol–water partition coefficient (Wildman–Crippen LogP) is 2.62. The van der Waals surface area contributed by atoms with E-state index in [2.05, 4.69) is 36.5 Å². The van der Waals surface area contributed by atoms with Gasteiger partial charge < -0.3 is 10.2 Å². The molecule has 1 heterocycles. The first-order valence-electron chi connectivity index (χ1n) is 8.76. The molecular weight excluding hydrogens is 288 g/mol. The number of hydrogen-bond donors (Lipinski definition) is 1. The average molecular weight is 314 g/mol. The summed E-state index contributed by atoms with van der Waals surface area (Å²) in [5, 5.41) is 2.92. The molecule has 0 bridgehead atoms. The lowest BCUT2D eigenvalue weighted by Crippen LogP contribution is -2.30. The summed E-state index contributed by atoms with van der Waals surface area (Å²) in [7, 11) is 0. The Bertz CT molecular complexity index is 580. The van der Waals surface area contributed by atoms with Crippen molar-refractivity contribution in [2.75, 3.05) is 19.6 Å². The van der Waals surface area contributed by atoms with Crippen molar-refractivity contribution in [1.29, 1.82) is 0 Å². The summed E-state index contributed by atoms with van der Waals surface area (Å²) in [6.45, 7) is 4.45. The molecule has 2 fully saturated rings. The van der Waals surface area contributed by atoms with Crippen molar-refractivity contribution >= 4 is 11.8 Å². The molecule has 1 aliphatic heterocycles. The van der Waals surface area contributed by atoms with Gasteiger partial charge in [-0.2, -0.15) is 0 Å². The number of nitrogens with zero attached hydrogens (tertiary/aromatic N) is 1. The smallest absolute Gasteiger partial charge is 0.223 e. The predicted molar refractivity (Wildman–Crippen MR) is 90.1 cm³/mol. The Balaban J connectivity index is 1.40. The standard InChI is InChI=1S/C19H26N2O2/c1-14-5-2-3-6-17(14)16-10-12-21(13-16)18(22)7-4-11-20-19(23)15-8-9-15/h2-3,5-6,15-16H,4,7-13H2,1H3,(H,20,23)/t16-/m1/s1. The van der Waals surface area contributed by atoms with E-state index < -0.39 is 0 Å². The fraction of sp³-hybridized carbons (Fsp3) is 0.579. The maximum Gasteiger partial charge on any atom is 0.223 e. The van der Waals surface area contributed by atoms with Crippen LogP contribution in [-0.2, 0) is 9.59 Å². The van der Waals surface area contributed by atoms with Crippen LogP contribution in [0.15, 0.2) is 24.3 Å². The van der Waals surface area contributed by atoms with Crippen LogP contribution < -0.4 is 5.32 Å². The minimum atomic E-state index is 0.165. The van der Waals surface area contributed by atoms with Crippen LogP contribution in [0.25, 0.3) is 0 Å². The van der Waals surface area contributed by atoms with Gasteiger partial charge in [-0.15, -0.1) is 0 Å². The summed E-state index contributed by atoms with van der Waals surface area (Å²) >= 11 is 0. The number of amides is 2. The summed E-state index contributed by atoms with van der Waals surface area (Å²) in [4.78, 5) is 25.8. The molecule has 2 amide bonds. The Kier molecular flexibility index (Phi) is 4.99. The lowest BCUT2D eigenvalue weighted by atomic mass is 9.94. The first-order valence-corrected chi connectivity index (χ1v) is 8.76. The number of carbonyl (C=O) groups is 2. The first kappa shape index (κ1) is 16.0. The zero-order valence-corrected chi connectivity index (χ0v) is 13.9. The van der Waals surface area contributed by atoms with Gasteiger partial charge >= 0.3 is 0 Å². The molecule has 1 saturated carbocycles. The molecule has 1 aromatic rings. The van der Waals surface area contributed by atoms with Gasteiger partial charge in [0.25, 0.3) is 0 Å². The number of carbonyl (C=O) groups excluding carboxylic acids is 2. The zero-order valence-electron chi connectivity index (χ0n) is 13.9.